The number of benzene rings is 1. The molecule has 0 radical (unpaired) electrons. The van der Waals surface area contributed by atoms with E-state index in [0.717, 1.165) is 69.9 Å². The molecule has 1 amide bonds. The third-order valence-electron chi connectivity index (χ3n) is 7.34. The number of guanidine groups is 1. The molecule has 1 aliphatic heterocycles. The Bertz CT molecular complexity index is 944. The largest absolute Gasteiger partial charge is 0.493 e. The lowest BCUT2D eigenvalue weighted by molar-refractivity contribution is -0.125. The Hall–Kier alpha value is -2.80. The first-order chi connectivity index (χ1) is 17.8. The quantitative estimate of drug-likeness (QED) is 0.317. The maximum Gasteiger partial charge on any atom is 0.223 e. The van der Waals surface area contributed by atoms with Gasteiger partial charge in [0.05, 0.1) is 6.61 Å². The zero-order chi connectivity index (χ0) is 26.7. The van der Waals surface area contributed by atoms with Crippen molar-refractivity contribution in [2.75, 3.05) is 39.9 Å². The molecule has 1 atom stereocenters. The van der Waals surface area contributed by atoms with Gasteiger partial charge in [-0.25, -0.2) is 4.99 Å². The number of aliphatic hydroxyl groups excluding tert-OH is 1. The van der Waals surface area contributed by atoms with E-state index in [2.05, 4.69) is 63.9 Å². The lowest BCUT2D eigenvalue weighted by atomic mass is 9.85. The van der Waals surface area contributed by atoms with E-state index in [0.29, 0.717) is 12.5 Å². The normalized spacial score (nSPS) is 19.6. The number of amides is 1. The van der Waals surface area contributed by atoms with Gasteiger partial charge in [-0.3, -0.25) is 4.79 Å². The average Bonchev–Trinajstić information content (AvgIpc) is 2.94. The summed E-state index contributed by atoms with van der Waals surface area (Å²) in [6.07, 6.45) is 11.8. The van der Waals surface area contributed by atoms with Gasteiger partial charge in [-0.1, -0.05) is 45.1 Å². The van der Waals surface area contributed by atoms with Gasteiger partial charge in [0.1, 0.15) is 5.75 Å². The average molecular weight is 511 g/mol. The summed E-state index contributed by atoms with van der Waals surface area (Å²) in [7, 11) is 1.93. The fourth-order valence-corrected chi connectivity index (χ4v) is 4.68. The predicted octanol–water partition coefficient (Wildman–Crippen LogP) is 4.59. The molecule has 1 aliphatic carbocycles. The van der Waals surface area contributed by atoms with Gasteiger partial charge in [0, 0.05) is 50.8 Å². The number of nitrogens with zero attached hydrogens (tertiary/aromatic N) is 2. The van der Waals surface area contributed by atoms with Crippen LogP contribution in [0.15, 0.2) is 47.6 Å². The fourth-order valence-electron chi connectivity index (χ4n) is 4.68. The number of hydrogen-bond acceptors (Lipinski definition) is 4. The second-order valence-corrected chi connectivity index (χ2v) is 11.0. The summed E-state index contributed by atoms with van der Waals surface area (Å²) in [5.41, 5.74) is 2.22. The van der Waals surface area contributed by atoms with E-state index in [1.165, 1.54) is 11.1 Å². The molecule has 204 valence electrons. The monoisotopic (exact) mass is 510 g/mol. The molecule has 1 fully saturated rings. The molecule has 3 N–H and O–H groups in total. The zero-order valence-corrected chi connectivity index (χ0v) is 23.1. The van der Waals surface area contributed by atoms with Crippen LogP contribution in [-0.2, 0) is 4.79 Å². The Morgan fingerprint density at radius 2 is 1.95 bits per heavy atom. The highest BCUT2D eigenvalue weighted by molar-refractivity contribution is 5.81. The second kappa shape index (κ2) is 14.2. The van der Waals surface area contributed by atoms with Gasteiger partial charge < -0.3 is 25.4 Å². The topological polar surface area (TPSA) is 86.2 Å². The van der Waals surface area contributed by atoms with Crippen LogP contribution in [0.25, 0.3) is 5.57 Å². The van der Waals surface area contributed by atoms with E-state index in [-0.39, 0.29) is 23.8 Å². The van der Waals surface area contributed by atoms with E-state index in [1.807, 2.05) is 27.1 Å². The molecule has 2 aliphatic rings. The van der Waals surface area contributed by atoms with E-state index >= 15 is 0 Å². The number of nitrogens with one attached hydrogen (secondary N) is 2. The van der Waals surface area contributed by atoms with Crippen LogP contribution in [-0.4, -0.2) is 61.8 Å². The molecule has 1 unspecified atom stereocenters. The predicted molar refractivity (Wildman–Crippen MR) is 151 cm³/mol. The number of carbonyl (C=O) groups excluding carboxylic acids is 1. The summed E-state index contributed by atoms with van der Waals surface area (Å²) in [5, 5.41) is 15.6. The minimum atomic E-state index is -0.289. The van der Waals surface area contributed by atoms with Crippen LogP contribution in [0.5, 0.6) is 5.75 Å². The molecule has 37 heavy (non-hydrogen) atoms. The molecule has 1 saturated heterocycles. The van der Waals surface area contributed by atoms with Crippen molar-refractivity contribution in [3.05, 3.63) is 48.2 Å². The summed E-state index contributed by atoms with van der Waals surface area (Å²) in [6.45, 7) is 9.28. The minimum absolute atomic E-state index is 0.00975. The molecule has 0 aromatic heterocycles. The van der Waals surface area contributed by atoms with Crippen molar-refractivity contribution in [3.8, 4) is 5.75 Å². The van der Waals surface area contributed by atoms with Crippen LogP contribution in [0.2, 0.25) is 0 Å². The van der Waals surface area contributed by atoms with Crippen molar-refractivity contribution in [2.24, 2.45) is 22.2 Å². The van der Waals surface area contributed by atoms with Crippen LogP contribution < -0.4 is 15.4 Å². The Labute approximate surface area is 223 Å². The lowest BCUT2D eigenvalue weighted by Crippen LogP contribution is -2.44. The molecule has 0 spiro atoms. The SMILES string of the molecule is CC/C=C/N=C(\NC)N1CCC(COc2ccc(C3=CCC(C(=O)NCC(C)(C)CO)CC3)cc2)CC1. The van der Waals surface area contributed by atoms with Crippen molar-refractivity contribution >= 4 is 17.4 Å². The number of hydrogen-bond donors (Lipinski definition) is 3. The number of piperidine rings is 1. The molecule has 1 aromatic rings. The lowest BCUT2D eigenvalue weighted by Gasteiger charge is -2.33. The van der Waals surface area contributed by atoms with Crippen LogP contribution in [0, 0.1) is 17.3 Å². The van der Waals surface area contributed by atoms with Crippen molar-refractivity contribution in [2.45, 2.75) is 59.3 Å². The maximum absolute atomic E-state index is 12.5. The van der Waals surface area contributed by atoms with Crippen molar-refractivity contribution in [3.63, 3.8) is 0 Å². The van der Waals surface area contributed by atoms with Gasteiger partial charge in [0.25, 0.3) is 0 Å². The highest BCUT2D eigenvalue weighted by atomic mass is 16.5. The first-order valence-electron chi connectivity index (χ1n) is 13.8. The molecule has 1 heterocycles. The third-order valence-corrected chi connectivity index (χ3v) is 7.34. The molecular weight excluding hydrogens is 464 g/mol. The van der Waals surface area contributed by atoms with Crippen LogP contribution in [0.1, 0.15) is 64.9 Å². The van der Waals surface area contributed by atoms with Crippen molar-refractivity contribution < 1.29 is 14.6 Å². The smallest absolute Gasteiger partial charge is 0.223 e. The van der Waals surface area contributed by atoms with E-state index in [4.69, 9.17) is 4.74 Å². The second-order valence-electron chi connectivity index (χ2n) is 11.0. The summed E-state index contributed by atoms with van der Waals surface area (Å²) >= 11 is 0. The van der Waals surface area contributed by atoms with E-state index < -0.39 is 0 Å². The Balaban J connectivity index is 1.42. The number of carbonyl (C=O) groups is 1. The number of rotatable bonds is 10. The molecule has 0 saturated carbocycles. The van der Waals surface area contributed by atoms with Gasteiger partial charge in [-0.15, -0.1) is 0 Å². The molecular formula is C30H46N4O3. The standard InChI is InChI=1S/C30H46N4O3/c1-5-6-17-32-29(31-4)34-18-15-23(16-19-34)20-37-27-13-11-25(12-14-27)24-7-9-26(10-8-24)28(36)33-21-30(2,3)22-35/h6-7,11-14,17,23,26,35H,5,8-10,15-16,18-22H2,1-4H3,(H,31,32)(H,33,36)/b17-6+. The molecule has 7 heteroatoms. The summed E-state index contributed by atoms with van der Waals surface area (Å²) in [4.78, 5) is 19.4. The Morgan fingerprint density at radius 3 is 2.54 bits per heavy atom. The third kappa shape index (κ3) is 8.92. The number of ether oxygens (including phenoxy) is 1. The number of likely N-dealkylation sites (tertiary alicyclic amines) is 1. The number of allylic oxidation sites excluding steroid dienone is 3. The number of aliphatic hydroxyl groups is 1. The number of aliphatic imine (C=N–C) groups is 1. The highest BCUT2D eigenvalue weighted by Crippen LogP contribution is 2.31. The first-order valence-corrected chi connectivity index (χ1v) is 13.8. The van der Waals surface area contributed by atoms with E-state index in [1.54, 1.807) is 0 Å². The van der Waals surface area contributed by atoms with Crippen molar-refractivity contribution in [1.82, 2.24) is 15.5 Å². The first kappa shape index (κ1) is 28.8. The van der Waals surface area contributed by atoms with Gasteiger partial charge in [-0.05, 0) is 67.7 Å². The van der Waals surface area contributed by atoms with Gasteiger partial charge in [0.2, 0.25) is 5.91 Å². The molecule has 0 bridgehead atoms. The zero-order valence-electron chi connectivity index (χ0n) is 23.1. The maximum atomic E-state index is 12.5. The van der Waals surface area contributed by atoms with E-state index in [9.17, 15) is 9.90 Å². The molecule has 1 aromatic carbocycles. The highest BCUT2D eigenvalue weighted by Gasteiger charge is 2.25. The summed E-state index contributed by atoms with van der Waals surface area (Å²) < 4.78 is 6.14. The Morgan fingerprint density at radius 1 is 1.22 bits per heavy atom. The van der Waals surface area contributed by atoms with Gasteiger partial charge in [0.15, 0.2) is 5.96 Å². The van der Waals surface area contributed by atoms with Crippen molar-refractivity contribution in [1.29, 1.82) is 0 Å². The molecule has 3 rings (SSSR count). The molecule has 7 nitrogen and oxygen atoms in total. The van der Waals surface area contributed by atoms with Crippen LogP contribution in [0.3, 0.4) is 0 Å². The van der Waals surface area contributed by atoms with Gasteiger partial charge in [-0.2, -0.15) is 0 Å². The minimum Gasteiger partial charge on any atom is -0.493 e. The Kier molecular flexibility index (Phi) is 11.1. The van der Waals surface area contributed by atoms with Crippen LogP contribution in [0.4, 0.5) is 0 Å². The van der Waals surface area contributed by atoms with Crippen LogP contribution >= 0.6 is 0 Å². The summed E-state index contributed by atoms with van der Waals surface area (Å²) in [5.74, 6) is 2.50. The van der Waals surface area contributed by atoms with Gasteiger partial charge >= 0.3 is 0 Å². The summed E-state index contributed by atoms with van der Waals surface area (Å²) in [6, 6.07) is 8.39. The fraction of sp³-hybridized carbons (Fsp3) is 0.600.